The molecule has 0 unspecified atom stereocenters. The third-order valence-electron chi connectivity index (χ3n) is 2.51. The van der Waals surface area contributed by atoms with Crippen LogP contribution in [-0.4, -0.2) is 23.3 Å². The van der Waals surface area contributed by atoms with Crippen LogP contribution < -0.4 is 5.32 Å². The van der Waals surface area contributed by atoms with Crippen LogP contribution in [0.3, 0.4) is 0 Å². The monoisotopic (exact) mass is 265 g/mol. The Morgan fingerprint density at radius 2 is 2.06 bits per heavy atom. The largest absolute Gasteiger partial charge is 0.316 e. The first-order valence-corrected chi connectivity index (χ1v) is 6.91. The standard InChI is InChI=1S/C13H16FN3S/c1-2-8-15-9-7-12-16-17-13(18-12)10-5-3-4-6-11(10)14/h3-6,15H,2,7-9H2,1H3. The van der Waals surface area contributed by atoms with Gasteiger partial charge in [0.1, 0.15) is 10.8 Å². The van der Waals surface area contributed by atoms with Gasteiger partial charge in [-0.1, -0.05) is 30.4 Å². The van der Waals surface area contributed by atoms with Gasteiger partial charge in [-0.25, -0.2) is 4.39 Å². The first kappa shape index (κ1) is 13.1. The van der Waals surface area contributed by atoms with Gasteiger partial charge in [0.15, 0.2) is 5.01 Å². The average Bonchev–Trinajstić information content (AvgIpc) is 2.84. The van der Waals surface area contributed by atoms with Crippen LogP contribution in [0.25, 0.3) is 10.6 Å². The van der Waals surface area contributed by atoms with Gasteiger partial charge in [-0.15, -0.1) is 10.2 Å². The number of hydrogen-bond donors (Lipinski definition) is 1. The maximum Gasteiger partial charge on any atom is 0.150 e. The molecule has 1 N–H and O–H groups in total. The molecule has 0 aliphatic heterocycles. The molecule has 0 saturated carbocycles. The first-order chi connectivity index (χ1) is 8.81. The molecule has 5 heteroatoms. The van der Waals surface area contributed by atoms with Crippen molar-refractivity contribution in [1.29, 1.82) is 0 Å². The summed E-state index contributed by atoms with van der Waals surface area (Å²) in [6, 6.07) is 6.66. The van der Waals surface area contributed by atoms with Crippen molar-refractivity contribution in [1.82, 2.24) is 15.5 Å². The van der Waals surface area contributed by atoms with Gasteiger partial charge in [0.05, 0.1) is 0 Å². The number of aromatic nitrogens is 2. The summed E-state index contributed by atoms with van der Waals surface area (Å²) in [5, 5.41) is 13.0. The fraction of sp³-hybridized carbons (Fsp3) is 0.385. The minimum absolute atomic E-state index is 0.246. The maximum atomic E-state index is 13.6. The Bertz CT molecular complexity index is 498. The van der Waals surface area contributed by atoms with E-state index in [4.69, 9.17) is 0 Å². The van der Waals surface area contributed by atoms with Crippen LogP contribution in [-0.2, 0) is 6.42 Å². The van der Waals surface area contributed by atoms with E-state index in [0.29, 0.717) is 10.6 Å². The molecular formula is C13H16FN3S. The van der Waals surface area contributed by atoms with Gasteiger partial charge >= 0.3 is 0 Å². The second kappa shape index (κ2) is 6.56. The quantitative estimate of drug-likeness (QED) is 0.816. The molecule has 0 amide bonds. The Labute approximate surface area is 110 Å². The van der Waals surface area contributed by atoms with Crippen molar-refractivity contribution in [3.8, 4) is 10.6 Å². The highest BCUT2D eigenvalue weighted by molar-refractivity contribution is 7.14. The fourth-order valence-corrected chi connectivity index (χ4v) is 2.46. The number of benzene rings is 1. The Morgan fingerprint density at radius 3 is 2.83 bits per heavy atom. The number of halogens is 1. The Kier molecular flexibility index (Phi) is 4.78. The maximum absolute atomic E-state index is 13.6. The molecule has 0 saturated heterocycles. The zero-order valence-corrected chi connectivity index (χ0v) is 11.1. The summed E-state index contributed by atoms with van der Waals surface area (Å²) in [4.78, 5) is 0. The SMILES string of the molecule is CCCNCCc1nnc(-c2ccccc2F)s1. The van der Waals surface area contributed by atoms with Crippen LogP contribution in [0.15, 0.2) is 24.3 Å². The molecule has 0 aliphatic carbocycles. The highest BCUT2D eigenvalue weighted by atomic mass is 32.1. The van der Waals surface area contributed by atoms with Crippen molar-refractivity contribution in [2.45, 2.75) is 19.8 Å². The van der Waals surface area contributed by atoms with Crippen molar-refractivity contribution in [2.75, 3.05) is 13.1 Å². The first-order valence-electron chi connectivity index (χ1n) is 6.09. The molecule has 1 aromatic carbocycles. The lowest BCUT2D eigenvalue weighted by atomic mass is 10.2. The van der Waals surface area contributed by atoms with Crippen LogP contribution in [0.5, 0.6) is 0 Å². The molecule has 3 nitrogen and oxygen atoms in total. The van der Waals surface area contributed by atoms with Crippen LogP contribution in [0.1, 0.15) is 18.4 Å². The van der Waals surface area contributed by atoms with Gasteiger partial charge in [0.2, 0.25) is 0 Å². The molecular weight excluding hydrogens is 249 g/mol. The van der Waals surface area contributed by atoms with E-state index in [1.54, 1.807) is 12.1 Å². The third-order valence-corrected chi connectivity index (χ3v) is 3.53. The predicted molar refractivity (Wildman–Crippen MR) is 72.2 cm³/mol. The lowest BCUT2D eigenvalue weighted by Gasteiger charge is -1.98. The second-order valence-corrected chi connectivity index (χ2v) is 5.04. The molecule has 0 fully saturated rings. The van der Waals surface area contributed by atoms with E-state index in [1.165, 1.54) is 17.4 Å². The van der Waals surface area contributed by atoms with E-state index < -0.39 is 0 Å². The van der Waals surface area contributed by atoms with Gasteiger partial charge in [0.25, 0.3) is 0 Å². The molecule has 2 aromatic rings. The highest BCUT2D eigenvalue weighted by Gasteiger charge is 2.10. The van der Waals surface area contributed by atoms with Crippen molar-refractivity contribution >= 4 is 11.3 Å². The van der Waals surface area contributed by atoms with E-state index in [0.717, 1.165) is 30.9 Å². The van der Waals surface area contributed by atoms with Gasteiger partial charge in [0, 0.05) is 18.5 Å². The number of rotatable bonds is 6. The zero-order valence-electron chi connectivity index (χ0n) is 10.3. The second-order valence-electron chi connectivity index (χ2n) is 3.98. The van der Waals surface area contributed by atoms with Crippen molar-refractivity contribution in [3.05, 3.63) is 35.1 Å². The average molecular weight is 265 g/mol. The summed E-state index contributed by atoms with van der Waals surface area (Å²) in [5.74, 6) is -0.246. The van der Waals surface area contributed by atoms with E-state index in [-0.39, 0.29) is 5.82 Å². The lowest BCUT2D eigenvalue weighted by Crippen LogP contribution is -2.17. The molecule has 0 aliphatic rings. The minimum atomic E-state index is -0.246. The smallest absolute Gasteiger partial charge is 0.150 e. The minimum Gasteiger partial charge on any atom is -0.316 e. The third kappa shape index (κ3) is 3.34. The topological polar surface area (TPSA) is 37.8 Å². The van der Waals surface area contributed by atoms with Gasteiger partial charge in [-0.3, -0.25) is 0 Å². The molecule has 2 rings (SSSR count). The van der Waals surface area contributed by atoms with Gasteiger partial charge in [-0.2, -0.15) is 0 Å². The van der Waals surface area contributed by atoms with Crippen molar-refractivity contribution in [2.24, 2.45) is 0 Å². The molecule has 0 spiro atoms. The summed E-state index contributed by atoms with van der Waals surface area (Å²) in [6.45, 7) is 4.03. The molecule has 0 radical (unpaired) electrons. The molecule has 0 bridgehead atoms. The Morgan fingerprint density at radius 1 is 1.22 bits per heavy atom. The highest BCUT2D eigenvalue weighted by Crippen LogP contribution is 2.25. The van der Waals surface area contributed by atoms with Crippen LogP contribution in [0, 0.1) is 5.82 Å². The van der Waals surface area contributed by atoms with E-state index in [1.807, 2.05) is 6.07 Å². The van der Waals surface area contributed by atoms with Crippen LogP contribution in [0.2, 0.25) is 0 Å². The summed E-state index contributed by atoms with van der Waals surface area (Å²) >= 11 is 1.46. The van der Waals surface area contributed by atoms with Crippen molar-refractivity contribution in [3.63, 3.8) is 0 Å². The molecule has 96 valence electrons. The van der Waals surface area contributed by atoms with Gasteiger partial charge in [-0.05, 0) is 25.1 Å². The van der Waals surface area contributed by atoms with Gasteiger partial charge < -0.3 is 5.32 Å². The predicted octanol–water partition coefficient (Wildman–Crippen LogP) is 2.89. The molecule has 1 aromatic heterocycles. The van der Waals surface area contributed by atoms with E-state index in [9.17, 15) is 4.39 Å². The van der Waals surface area contributed by atoms with E-state index >= 15 is 0 Å². The fourth-order valence-electron chi connectivity index (χ4n) is 1.60. The van der Waals surface area contributed by atoms with Crippen LogP contribution in [0.4, 0.5) is 4.39 Å². The molecule has 1 heterocycles. The van der Waals surface area contributed by atoms with Crippen molar-refractivity contribution < 1.29 is 4.39 Å². The molecule has 18 heavy (non-hydrogen) atoms. The molecule has 0 atom stereocenters. The Balaban J connectivity index is 2.00. The number of hydrogen-bond acceptors (Lipinski definition) is 4. The zero-order chi connectivity index (χ0) is 12.8. The summed E-state index contributed by atoms with van der Waals surface area (Å²) < 4.78 is 13.6. The summed E-state index contributed by atoms with van der Waals surface area (Å²) in [6.07, 6.45) is 1.96. The Hall–Kier alpha value is -1.33. The van der Waals surface area contributed by atoms with Crippen LogP contribution >= 0.6 is 11.3 Å². The summed E-state index contributed by atoms with van der Waals surface area (Å²) in [5.41, 5.74) is 0.530. The normalized spacial score (nSPS) is 10.8. The van der Waals surface area contributed by atoms with E-state index in [2.05, 4.69) is 22.4 Å². The summed E-state index contributed by atoms with van der Waals surface area (Å²) in [7, 11) is 0. The number of nitrogens with zero attached hydrogens (tertiary/aromatic N) is 2. The lowest BCUT2D eigenvalue weighted by molar-refractivity contribution is 0.631. The number of nitrogens with one attached hydrogen (secondary N) is 1.